The number of nitrogens with one attached hydrogen (secondary N) is 1. The first-order valence-corrected chi connectivity index (χ1v) is 6.21. The highest BCUT2D eigenvalue weighted by molar-refractivity contribution is 5.60. The van der Waals surface area contributed by atoms with Crippen molar-refractivity contribution in [3.63, 3.8) is 0 Å². The zero-order valence-electron chi connectivity index (χ0n) is 11.3. The van der Waals surface area contributed by atoms with E-state index in [9.17, 15) is 14.5 Å². The van der Waals surface area contributed by atoms with Gasteiger partial charge < -0.3 is 5.32 Å². The lowest BCUT2D eigenvalue weighted by molar-refractivity contribution is -0.385. The summed E-state index contributed by atoms with van der Waals surface area (Å²) in [6.07, 6.45) is 0. The first-order chi connectivity index (χ1) is 9.47. The molecular weight excluding hydrogens is 259 g/mol. The molecule has 0 saturated carbocycles. The van der Waals surface area contributed by atoms with E-state index in [0.717, 1.165) is 11.1 Å². The molecule has 0 aliphatic rings. The summed E-state index contributed by atoms with van der Waals surface area (Å²) >= 11 is 0. The lowest BCUT2D eigenvalue weighted by Crippen LogP contribution is -2.03. The van der Waals surface area contributed by atoms with Gasteiger partial charge in [0.25, 0.3) is 5.69 Å². The molecule has 0 atom stereocenters. The van der Waals surface area contributed by atoms with E-state index in [2.05, 4.69) is 5.32 Å². The molecular formula is C15H15FN2O2. The molecule has 0 saturated heterocycles. The SMILES string of the molecule is Cc1cc(C)c([N+](=O)[O-])cc1NCc1cccc(F)c1. The van der Waals surface area contributed by atoms with Gasteiger partial charge in [-0.2, -0.15) is 0 Å². The Hall–Kier alpha value is -2.43. The Bertz CT molecular complexity index is 656. The van der Waals surface area contributed by atoms with Crippen LogP contribution in [0.3, 0.4) is 0 Å². The van der Waals surface area contributed by atoms with Crippen LogP contribution in [0.5, 0.6) is 0 Å². The number of anilines is 1. The van der Waals surface area contributed by atoms with Gasteiger partial charge in [0.1, 0.15) is 5.82 Å². The molecule has 0 amide bonds. The summed E-state index contributed by atoms with van der Waals surface area (Å²) in [6.45, 7) is 4.00. The van der Waals surface area contributed by atoms with Crippen LogP contribution in [-0.2, 0) is 6.54 Å². The van der Waals surface area contributed by atoms with Crippen LogP contribution < -0.4 is 5.32 Å². The van der Waals surface area contributed by atoms with Crippen molar-refractivity contribution in [2.45, 2.75) is 20.4 Å². The van der Waals surface area contributed by atoms with Crippen molar-refractivity contribution in [2.75, 3.05) is 5.32 Å². The zero-order valence-corrected chi connectivity index (χ0v) is 11.3. The molecule has 5 heteroatoms. The molecule has 2 aromatic rings. The third kappa shape index (κ3) is 3.12. The monoisotopic (exact) mass is 274 g/mol. The van der Waals surface area contributed by atoms with Gasteiger partial charge in [0.15, 0.2) is 0 Å². The van der Waals surface area contributed by atoms with E-state index in [1.165, 1.54) is 18.2 Å². The smallest absolute Gasteiger partial charge is 0.274 e. The molecule has 2 aromatic carbocycles. The molecule has 1 N–H and O–H groups in total. The minimum atomic E-state index is -0.401. The van der Waals surface area contributed by atoms with Crippen molar-refractivity contribution in [1.82, 2.24) is 0 Å². The highest BCUT2D eigenvalue weighted by atomic mass is 19.1. The molecule has 104 valence electrons. The highest BCUT2D eigenvalue weighted by Gasteiger charge is 2.13. The highest BCUT2D eigenvalue weighted by Crippen LogP contribution is 2.26. The number of aryl methyl sites for hydroxylation is 2. The number of rotatable bonds is 4. The Kier molecular flexibility index (Phi) is 3.98. The third-order valence-corrected chi connectivity index (χ3v) is 3.11. The van der Waals surface area contributed by atoms with Crippen molar-refractivity contribution in [2.24, 2.45) is 0 Å². The molecule has 0 unspecified atom stereocenters. The van der Waals surface area contributed by atoms with E-state index < -0.39 is 4.92 Å². The molecule has 0 fully saturated rings. The first-order valence-electron chi connectivity index (χ1n) is 6.21. The van der Waals surface area contributed by atoms with Crippen LogP contribution in [0.4, 0.5) is 15.8 Å². The van der Waals surface area contributed by atoms with Gasteiger partial charge in [-0.25, -0.2) is 4.39 Å². The summed E-state index contributed by atoms with van der Waals surface area (Å²) in [5, 5.41) is 14.0. The summed E-state index contributed by atoms with van der Waals surface area (Å²) < 4.78 is 13.1. The van der Waals surface area contributed by atoms with Crippen molar-refractivity contribution in [3.8, 4) is 0 Å². The van der Waals surface area contributed by atoms with Crippen LogP contribution in [0.2, 0.25) is 0 Å². The minimum Gasteiger partial charge on any atom is -0.381 e. The van der Waals surface area contributed by atoms with E-state index in [1.54, 1.807) is 25.1 Å². The third-order valence-electron chi connectivity index (χ3n) is 3.11. The van der Waals surface area contributed by atoms with E-state index >= 15 is 0 Å². The fourth-order valence-corrected chi connectivity index (χ4v) is 2.07. The maximum Gasteiger partial charge on any atom is 0.274 e. The van der Waals surface area contributed by atoms with Crippen LogP contribution >= 0.6 is 0 Å². The standard InChI is InChI=1S/C15H15FN2O2/c1-10-6-11(2)15(18(19)20)8-14(10)17-9-12-4-3-5-13(16)7-12/h3-8,17H,9H2,1-2H3. The number of nitro benzene ring substituents is 1. The summed E-state index contributed by atoms with van der Waals surface area (Å²) in [4.78, 5) is 10.5. The van der Waals surface area contributed by atoms with Gasteiger partial charge in [-0.1, -0.05) is 12.1 Å². The van der Waals surface area contributed by atoms with Gasteiger partial charge in [-0.15, -0.1) is 0 Å². The number of hydrogen-bond donors (Lipinski definition) is 1. The van der Waals surface area contributed by atoms with Crippen LogP contribution in [-0.4, -0.2) is 4.92 Å². The van der Waals surface area contributed by atoms with Crippen LogP contribution in [0.25, 0.3) is 0 Å². The molecule has 0 aromatic heterocycles. The number of benzene rings is 2. The van der Waals surface area contributed by atoms with Crippen molar-refractivity contribution >= 4 is 11.4 Å². The van der Waals surface area contributed by atoms with Crippen molar-refractivity contribution < 1.29 is 9.31 Å². The molecule has 0 spiro atoms. The lowest BCUT2D eigenvalue weighted by Gasteiger charge is -2.11. The van der Waals surface area contributed by atoms with Gasteiger partial charge in [-0.3, -0.25) is 10.1 Å². The maximum absolute atomic E-state index is 13.1. The van der Waals surface area contributed by atoms with Crippen LogP contribution in [0.15, 0.2) is 36.4 Å². The predicted octanol–water partition coefficient (Wildman–Crippen LogP) is 3.96. The summed E-state index contributed by atoms with van der Waals surface area (Å²) in [7, 11) is 0. The van der Waals surface area contributed by atoms with E-state index in [1.807, 2.05) is 6.92 Å². The first kappa shape index (κ1) is 14.0. The number of halogens is 1. The van der Waals surface area contributed by atoms with Crippen LogP contribution in [0.1, 0.15) is 16.7 Å². The average Bonchev–Trinajstić information content (AvgIpc) is 2.37. The fourth-order valence-electron chi connectivity index (χ4n) is 2.07. The summed E-state index contributed by atoms with van der Waals surface area (Å²) in [6, 6.07) is 9.54. The second-order valence-corrected chi connectivity index (χ2v) is 4.69. The van der Waals surface area contributed by atoms with Gasteiger partial charge in [-0.05, 0) is 43.2 Å². The summed E-state index contributed by atoms with van der Waals surface area (Å²) in [5.74, 6) is -0.295. The van der Waals surface area contributed by atoms with Crippen molar-refractivity contribution in [1.29, 1.82) is 0 Å². The molecule has 0 aliphatic heterocycles. The van der Waals surface area contributed by atoms with Gasteiger partial charge >= 0.3 is 0 Å². The second kappa shape index (κ2) is 5.69. The molecule has 20 heavy (non-hydrogen) atoms. The molecule has 2 rings (SSSR count). The zero-order chi connectivity index (χ0) is 14.7. The maximum atomic E-state index is 13.1. The van der Waals surface area contributed by atoms with Gasteiger partial charge in [0.2, 0.25) is 0 Å². The van der Waals surface area contributed by atoms with Gasteiger partial charge in [0, 0.05) is 23.9 Å². The number of nitro groups is 1. The molecule has 0 heterocycles. The quantitative estimate of drug-likeness (QED) is 0.678. The lowest BCUT2D eigenvalue weighted by atomic mass is 10.1. The second-order valence-electron chi connectivity index (χ2n) is 4.69. The van der Waals surface area contributed by atoms with Crippen LogP contribution in [0, 0.1) is 29.8 Å². The number of hydrogen-bond acceptors (Lipinski definition) is 3. The Balaban J connectivity index is 2.21. The largest absolute Gasteiger partial charge is 0.381 e. The Morgan fingerprint density at radius 2 is 1.95 bits per heavy atom. The minimum absolute atomic E-state index is 0.0809. The summed E-state index contributed by atoms with van der Waals surface area (Å²) in [5.41, 5.74) is 3.10. The normalized spacial score (nSPS) is 10.3. The average molecular weight is 274 g/mol. The Morgan fingerprint density at radius 1 is 1.20 bits per heavy atom. The molecule has 0 aliphatic carbocycles. The van der Waals surface area contributed by atoms with E-state index in [4.69, 9.17) is 0 Å². The molecule has 0 bridgehead atoms. The van der Waals surface area contributed by atoms with Crippen molar-refractivity contribution in [3.05, 3.63) is 69.0 Å². The number of nitrogens with zero attached hydrogens (tertiary/aromatic N) is 1. The Morgan fingerprint density at radius 3 is 2.60 bits per heavy atom. The van der Waals surface area contributed by atoms with E-state index in [-0.39, 0.29) is 11.5 Å². The van der Waals surface area contributed by atoms with Gasteiger partial charge in [0.05, 0.1) is 4.92 Å². The van der Waals surface area contributed by atoms with E-state index in [0.29, 0.717) is 17.8 Å². The fraction of sp³-hybridized carbons (Fsp3) is 0.200. The molecule has 0 radical (unpaired) electrons. The topological polar surface area (TPSA) is 55.2 Å². The molecule has 4 nitrogen and oxygen atoms in total. The predicted molar refractivity (Wildman–Crippen MR) is 76.3 cm³/mol. The Labute approximate surface area is 116 Å².